The Hall–Kier alpha value is -2.52. The van der Waals surface area contributed by atoms with Crippen LogP contribution in [0.25, 0.3) is 0 Å². The Labute approximate surface area is 190 Å². The average molecular weight is 466 g/mol. The van der Waals surface area contributed by atoms with Crippen molar-refractivity contribution in [2.45, 2.75) is 24.1 Å². The van der Waals surface area contributed by atoms with E-state index in [0.717, 1.165) is 11.8 Å². The molecule has 0 saturated carbocycles. The zero-order valence-corrected chi connectivity index (χ0v) is 18.6. The molecule has 0 radical (unpaired) electrons. The molecule has 2 aromatic carbocycles. The number of rotatable bonds is 7. The van der Waals surface area contributed by atoms with Crippen molar-refractivity contribution >= 4 is 29.3 Å². The second kappa shape index (κ2) is 10.9. The highest BCUT2D eigenvalue weighted by Crippen LogP contribution is 2.34. The summed E-state index contributed by atoms with van der Waals surface area (Å²) in [6.45, 7) is 3.84. The second-order valence-corrected chi connectivity index (χ2v) is 8.96. The van der Waals surface area contributed by atoms with E-state index in [1.54, 1.807) is 16.7 Å². The molecule has 0 bridgehead atoms. The summed E-state index contributed by atoms with van der Waals surface area (Å²) in [5.74, 6) is 0.315. The van der Waals surface area contributed by atoms with Gasteiger partial charge in [-0.3, -0.25) is 14.5 Å². The quantitative estimate of drug-likeness (QED) is 0.669. The van der Waals surface area contributed by atoms with Crippen LogP contribution in [0.1, 0.15) is 18.1 Å². The number of hydrogen-bond acceptors (Lipinski definition) is 4. The van der Waals surface area contributed by atoms with E-state index in [1.165, 1.54) is 23.8 Å². The van der Waals surface area contributed by atoms with E-state index >= 15 is 0 Å². The Morgan fingerprint density at radius 1 is 1.00 bits per heavy atom. The monoisotopic (exact) mass is 465 g/mol. The molecule has 0 aromatic heterocycles. The molecule has 32 heavy (non-hydrogen) atoms. The fourth-order valence-electron chi connectivity index (χ4n) is 3.48. The first-order chi connectivity index (χ1) is 15.2. The van der Waals surface area contributed by atoms with Crippen LogP contribution in [0.5, 0.6) is 0 Å². The third-order valence-corrected chi connectivity index (χ3v) is 6.45. The van der Waals surface area contributed by atoms with Crippen molar-refractivity contribution in [3.8, 4) is 0 Å². The van der Waals surface area contributed by atoms with Gasteiger partial charge in [0.05, 0.1) is 23.0 Å². The van der Waals surface area contributed by atoms with Gasteiger partial charge in [0.1, 0.15) is 0 Å². The molecule has 1 aliphatic rings. The molecular formula is C23H26F3N3O2S. The van der Waals surface area contributed by atoms with Gasteiger partial charge in [-0.1, -0.05) is 42.5 Å². The minimum Gasteiger partial charge on any atom is -0.339 e. The van der Waals surface area contributed by atoms with Crippen molar-refractivity contribution in [3.63, 3.8) is 0 Å². The zero-order chi connectivity index (χ0) is 23.1. The fraction of sp³-hybridized carbons (Fsp3) is 0.391. The van der Waals surface area contributed by atoms with E-state index in [4.69, 9.17) is 0 Å². The first-order valence-corrected chi connectivity index (χ1v) is 11.4. The lowest BCUT2D eigenvalue weighted by molar-refractivity contribution is -0.137. The summed E-state index contributed by atoms with van der Waals surface area (Å²) in [7, 11) is 0. The molecule has 1 saturated heterocycles. The van der Waals surface area contributed by atoms with Gasteiger partial charge >= 0.3 is 6.18 Å². The number of halogens is 3. The van der Waals surface area contributed by atoms with Gasteiger partial charge in [-0.25, -0.2) is 0 Å². The minimum atomic E-state index is -4.54. The summed E-state index contributed by atoms with van der Waals surface area (Å²) in [6.07, 6.45) is -4.54. The molecule has 1 unspecified atom stereocenters. The summed E-state index contributed by atoms with van der Waals surface area (Å²) < 4.78 is 39.3. The van der Waals surface area contributed by atoms with E-state index in [-0.39, 0.29) is 23.4 Å². The molecule has 1 atom stereocenters. The molecule has 172 valence electrons. The fourth-order valence-corrected chi connectivity index (χ4v) is 4.41. The Balaban J connectivity index is 1.44. The Morgan fingerprint density at radius 2 is 1.62 bits per heavy atom. The van der Waals surface area contributed by atoms with Crippen molar-refractivity contribution in [2.24, 2.45) is 0 Å². The summed E-state index contributed by atoms with van der Waals surface area (Å²) in [5.41, 5.74) is 0.0499. The minimum absolute atomic E-state index is 0.0213. The number of thioether (sulfide) groups is 1. The van der Waals surface area contributed by atoms with Gasteiger partial charge in [0.25, 0.3) is 0 Å². The highest BCUT2D eigenvalue weighted by Gasteiger charge is 2.33. The number of amides is 2. The molecule has 5 nitrogen and oxygen atoms in total. The number of carbonyl (C=O) groups excluding carboxylic acids is 2. The molecule has 0 spiro atoms. The molecule has 1 aliphatic heterocycles. The van der Waals surface area contributed by atoms with Gasteiger partial charge in [-0.05, 0) is 24.6 Å². The number of alkyl halides is 3. The number of piperazine rings is 1. The predicted molar refractivity (Wildman–Crippen MR) is 120 cm³/mol. The van der Waals surface area contributed by atoms with Crippen molar-refractivity contribution in [2.75, 3.05) is 38.0 Å². The molecule has 1 N–H and O–H groups in total. The van der Waals surface area contributed by atoms with Crippen LogP contribution in [-0.4, -0.2) is 59.6 Å². The number of para-hydroxylation sites is 1. The SMILES string of the molecule is CC(SCc1ccccc1)C(=O)N1CCN(CC(=O)Nc2ccccc2C(F)(F)F)CC1. The van der Waals surface area contributed by atoms with Crippen molar-refractivity contribution in [1.82, 2.24) is 9.80 Å². The number of anilines is 1. The molecule has 3 rings (SSSR count). The molecule has 2 amide bonds. The first kappa shape index (κ1) is 24.1. The maximum atomic E-state index is 13.1. The number of carbonyl (C=O) groups is 2. The smallest absolute Gasteiger partial charge is 0.339 e. The van der Waals surface area contributed by atoms with Crippen LogP contribution in [-0.2, 0) is 21.5 Å². The topological polar surface area (TPSA) is 52.7 Å². The largest absolute Gasteiger partial charge is 0.418 e. The summed E-state index contributed by atoms with van der Waals surface area (Å²) in [4.78, 5) is 28.7. The van der Waals surface area contributed by atoms with Gasteiger partial charge in [0, 0.05) is 31.9 Å². The van der Waals surface area contributed by atoms with Crippen molar-refractivity contribution in [1.29, 1.82) is 0 Å². The number of nitrogens with one attached hydrogen (secondary N) is 1. The van der Waals surface area contributed by atoms with Crippen LogP contribution in [0.15, 0.2) is 54.6 Å². The van der Waals surface area contributed by atoms with E-state index in [0.29, 0.717) is 26.2 Å². The highest BCUT2D eigenvalue weighted by molar-refractivity contribution is 7.99. The van der Waals surface area contributed by atoms with Crippen LogP contribution in [0.4, 0.5) is 18.9 Å². The zero-order valence-electron chi connectivity index (χ0n) is 17.8. The molecule has 2 aromatic rings. The Morgan fingerprint density at radius 3 is 2.28 bits per heavy atom. The van der Waals surface area contributed by atoms with E-state index < -0.39 is 17.6 Å². The third kappa shape index (κ3) is 6.74. The summed E-state index contributed by atoms with van der Waals surface area (Å²) in [5, 5.41) is 2.19. The predicted octanol–water partition coefficient (Wildman–Crippen LogP) is 4.11. The number of benzene rings is 2. The van der Waals surface area contributed by atoms with E-state index in [9.17, 15) is 22.8 Å². The van der Waals surface area contributed by atoms with Gasteiger partial charge < -0.3 is 10.2 Å². The Bertz CT molecular complexity index is 916. The van der Waals surface area contributed by atoms with Gasteiger partial charge in [0.15, 0.2) is 0 Å². The lowest BCUT2D eigenvalue weighted by atomic mass is 10.1. The summed E-state index contributed by atoms with van der Waals surface area (Å²) in [6, 6.07) is 14.9. The molecular weight excluding hydrogens is 439 g/mol. The third-order valence-electron chi connectivity index (χ3n) is 5.25. The normalized spacial score (nSPS) is 15.9. The van der Waals surface area contributed by atoms with Crippen molar-refractivity contribution in [3.05, 3.63) is 65.7 Å². The average Bonchev–Trinajstić information content (AvgIpc) is 2.78. The maximum Gasteiger partial charge on any atom is 0.418 e. The maximum absolute atomic E-state index is 13.1. The van der Waals surface area contributed by atoms with E-state index in [1.807, 2.05) is 42.2 Å². The van der Waals surface area contributed by atoms with Crippen LogP contribution in [0.2, 0.25) is 0 Å². The molecule has 9 heteroatoms. The first-order valence-electron chi connectivity index (χ1n) is 10.4. The Kier molecular flexibility index (Phi) is 8.20. The van der Waals surface area contributed by atoms with Crippen LogP contribution < -0.4 is 5.32 Å². The van der Waals surface area contributed by atoms with Crippen LogP contribution in [0.3, 0.4) is 0 Å². The molecule has 1 fully saturated rings. The number of nitrogens with zero attached hydrogens (tertiary/aromatic N) is 2. The van der Waals surface area contributed by atoms with Crippen LogP contribution in [0, 0.1) is 0 Å². The highest BCUT2D eigenvalue weighted by atomic mass is 32.2. The van der Waals surface area contributed by atoms with Gasteiger partial charge in [-0.15, -0.1) is 11.8 Å². The molecule has 0 aliphatic carbocycles. The van der Waals surface area contributed by atoms with E-state index in [2.05, 4.69) is 5.32 Å². The number of hydrogen-bond donors (Lipinski definition) is 1. The summed E-state index contributed by atoms with van der Waals surface area (Å²) >= 11 is 1.59. The molecule has 1 heterocycles. The van der Waals surface area contributed by atoms with Crippen molar-refractivity contribution < 1.29 is 22.8 Å². The lowest BCUT2D eigenvalue weighted by Crippen LogP contribution is -2.52. The van der Waals surface area contributed by atoms with Crippen LogP contribution >= 0.6 is 11.8 Å². The van der Waals surface area contributed by atoms with Gasteiger partial charge in [-0.2, -0.15) is 13.2 Å². The van der Waals surface area contributed by atoms with Gasteiger partial charge in [0.2, 0.25) is 11.8 Å². The lowest BCUT2D eigenvalue weighted by Gasteiger charge is -2.35. The standard InChI is InChI=1S/C23H26F3N3O2S/c1-17(32-16-18-7-3-2-4-8-18)22(31)29-13-11-28(12-14-29)15-21(30)27-20-10-6-5-9-19(20)23(24,25)26/h2-10,17H,11-16H2,1H3,(H,27,30). The second-order valence-electron chi connectivity index (χ2n) is 7.63.